The number of thioether (sulfide) groups is 1. The predicted octanol–water partition coefficient (Wildman–Crippen LogP) is 3.45. The molecule has 0 heterocycles. The van der Waals surface area contributed by atoms with Crippen LogP contribution in [0.1, 0.15) is 12.5 Å². The van der Waals surface area contributed by atoms with E-state index in [0.717, 1.165) is 11.5 Å². The van der Waals surface area contributed by atoms with Crippen molar-refractivity contribution < 1.29 is 4.92 Å². The van der Waals surface area contributed by atoms with Gasteiger partial charge in [0.2, 0.25) is 0 Å². The summed E-state index contributed by atoms with van der Waals surface area (Å²) >= 11 is 1.38. The Morgan fingerprint density at radius 2 is 2.27 bits per heavy atom. The average Bonchev–Trinajstić information content (AvgIpc) is 2.27. The van der Waals surface area contributed by atoms with Crippen molar-refractivity contribution >= 4 is 17.4 Å². The summed E-state index contributed by atoms with van der Waals surface area (Å²) in [5, 5.41) is 10.8. The van der Waals surface area contributed by atoms with Gasteiger partial charge in [-0.3, -0.25) is 10.1 Å². The first-order valence-corrected chi connectivity index (χ1v) is 5.61. The first-order chi connectivity index (χ1) is 7.10. The predicted molar refractivity (Wildman–Crippen MR) is 63.1 cm³/mol. The highest BCUT2D eigenvalue weighted by atomic mass is 32.2. The van der Waals surface area contributed by atoms with Gasteiger partial charge in [-0.15, -0.1) is 18.3 Å². The number of hydrogen-bond donors (Lipinski definition) is 0. The van der Waals surface area contributed by atoms with Gasteiger partial charge in [0.25, 0.3) is 5.69 Å². The fourth-order valence-corrected chi connectivity index (χ4v) is 1.74. The molecule has 0 aliphatic heterocycles. The molecule has 4 heteroatoms. The van der Waals surface area contributed by atoms with Crippen molar-refractivity contribution in [3.63, 3.8) is 0 Å². The molecule has 0 unspecified atom stereocenters. The summed E-state index contributed by atoms with van der Waals surface area (Å²) in [5.41, 5.74) is 0.996. The Bertz CT molecular complexity index is 390. The van der Waals surface area contributed by atoms with Gasteiger partial charge in [0.1, 0.15) is 0 Å². The van der Waals surface area contributed by atoms with E-state index < -0.39 is 0 Å². The minimum atomic E-state index is -0.355. The van der Waals surface area contributed by atoms with Crippen LogP contribution in [0.4, 0.5) is 5.69 Å². The number of nitro benzene ring substituents is 1. The van der Waals surface area contributed by atoms with Crippen molar-refractivity contribution in [3.05, 3.63) is 52.4 Å². The number of benzene rings is 1. The van der Waals surface area contributed by atoms with Crippen LogP contribution in [0.5, 0.6) is 0 Å². The molecule has 1 aromatic carbocycles. The summed E-state index contributed by atoms with van der Waals surface area (Å²) in [4.78, 5) is 11.1. The van der Waals surface area contributed by atoms with Crippen LogP contribution in [0.2, 0.25) is 0 Å². The quantitative estimate of drug-likeness (QED) is 0.445. The molecule has 0 spiro atoms. The molecular weight excluding hydrogens is 210 g/mol. The van der Waals surface area contributed by atoms with Gasteiger partial charge in [-0.1, -0.05) is 19.1 Å². The van der Waals surface area contributed by atoms with Gasteiger partial charge >= 0.3 is 0 Å². The maximum atomic E-state index is 10.8. The fraction of sp³-hybridized carbons (Fsp3) is 0.182. The molecule has 0 saturated carbocycles. The maximum absolute atomic E-state index is 10.8. The van der Waals surface area contributed by atoms with Crippen molar-refractivity contribution in [2.24, 2.45) is 0 Å². The highest BCUT2D eigenvalue weighted by Gasteiger charge is 2.15. The highest BCUT2D eigenvalue weighted by molar-refractivity contribution is 7.98. The molecule has 0 aromatic heterocycles. The minimum absolute atomic E-state index is 0.154. The molecule has 0 bridgehead atoms. The summed E-state index contributed by atoms with van der Waals surface area (Å²) in [6.07, 6.45) is 3.52. The smallest absolute Gasteiger partial charge is 0.258 e. The normalized spacial score (nSPS) is 10.3. The van der Waals surface area contributed by atoms with Gasteiger partial charge < -0.3 is 0 Å². The number of hydrogen-bond acceptors (Lipinski definition) is 3. The third kappa shape index (κ3) is 2.59. The van der Waals surface area contributed by atoms with Gasteiger partial charge in [0, 0.05) is 12.0 Å². The van der Waals surface area contributed by atoms with E-state index >= 15 is 0 Å². The van der Waals surface area contributed by atoms with Crippen LogP contribution in [0.25, 0.3) is 0 Å². The van der Waals surface area contributed by atoms with Crippen LogP contribution in [0.15, 0.2) is 35.7 Å². The first-order valence-electron chi connectivity index (χ1n) is 4.39. The lowest BCUT2D eigenvalue weighted by Gasteiger charge is -2.06. The second kappa shape index (κ2) is 4.98. The molecule has 1 aromatic rings. The lowest BCUT2D eigenvalue weighted by Crippen LogP contribution is -1.95. The number of allylic oxidation sites excluding steroid dienone is 1. The minimum Gasteiger partial charge on any atom is -0.258 e. The number of nitrogens with zero attached hydrogens (tertiary/aromatic N) is 1. The largest absolute Gasteiger partial charge is 0.283 e. The molecule has 1 rings (SSSR count). The van der Waals surface area contributed by atoms with Crippen LogP contribution in [0, 0.1) is 16.0 Å². The van der Waals surface area contributed by atoms with Crippen molar-refractivity contribution in [2.75, 3.05) is 6.26 Å². The molecule has 15 heavy (non-hydrogen) atoms. The third-order valence-electron chi connectivity index (χ3n) is 2.14. The zero-order valence-corrected chi connectivity index (χ0v) is 9.50. The van der Waals surface area contributed by atoms with Crippen LogP contribution < -0.4 is 0 Å². The molecule has 0 amide bonds. The summed E-state index contributed by atoms with van der Waals surface area (Å²) in [5.74, 6) is 0.936. The zero-order chi connectivity index (χ0) is 11.4. The second-order valence-electron chi connectivity index (χ2n) is 3.03. The van der Waals surface area contributed by atoms with Crippen LogP contribution in [0.3, 0.4) is 0 Å². The third-order valence-corrected chi connectivity index (χ3v) is 2.92. The molecule has 0 saturated heterocycles. The lowest BCUT2D eigenvalue weighted by molar-refractivity contribution is -0.387. The Balaban J connectivity index is 3.21. The highest BCUT2D eigenvalue weighted by Crippen LogP contribution is 2.30. The van der Waals surface area contributed by atoms with Gasteiger partial charge in [-0.25, -0.2) is 0 Å². The number of rotatable bonds is 4. The summed E-state index contributed by atoms with van der Waals surface area (Å²) in [6.45, 7) is 5.52. The Labute approximate surface area is 93.3 Å². The van der Waals surface area contributed by atoms with Gasteiger partial charge in [-0.05, 0) is 17.9 Å². The summed E-state index contributed by atoms with van der Waals surface area (Å²) in [7, 11) is 0. The van der Waals surface area contributed by atoms with Gasteiger partial charge in [-0.2, -0.15) is 0 Å². The van der Waals surface area contributed by atoms with Gasteiger partial charge in [0.15, 0.2) is 0 Å². The Hall–Kier alpha value is -1.29. The van der Waals surface area contributed by atoms with E-state index in [1.807, 2.05) is 19.2 Å². The topological polar surface area (TPSA) is 43.1 Å². The molecule has 0 atom stereocenters. The van der Waals surface area contributed by atoms with Crippen LogP contribution in [-0.2, 0) is 0 Å². The lowest BCUT2D eigenvalue weighted by atomic mass is 10.0. The van der Waals surface area contributed by atoms with Crippen LogP contribution >= 0.6 is 11.8 Å². The molecule has 0 N–H and O–H groups in total. The average molecular weight is 222 g/mol. The molecule has 0 fully saturated rings. The monoisotopic (exact) mass is 222 g/mol. The molecule has 0 aliphatic carbocycles. The Morgan fingerprint density at radius 1 is 1.60 bits per heavy atom. The fourth-order valence-electron chi connectivity index (χ4n) is 1.20. The summed E-state index contributed by atoms with van der Waals surface area (Å²) < 4.78 is 0. The van der Waals surface area contributed by atoms with E-state index in [1.54, 1.807) is 18.2 Å². The van der Waals surface area contributed by atoms with Gasteiger partial charge in [0.05, 0.1) is 9.82 Å². The molecule has 1 radical (unpaired) electrons. The first kappa shape index (κ1) is 11.8. The van der Waals surface area contributed by atoms with Crippen molar-refractivity contribution in [3.8, 4) is 0 Å². The van der Waals surface area contributed by atoms with Crippen molar-refractivity contribution in [1.82, 2.24) is 0 Å². The van der Waals surface area contributed by atoms with E-state index in [1.165, 1.54) is 11.8 Å². The Kier molecular flexibility index (Phi) is 3.91. The van der Waals surface area contributed by atoms with E-state index in [9.17, 15) is 10.1 Å². The van der Waals surface area contributed by atoms with E-state index in [-0.39, 0.29) is 10.6 Å². The standard InChI is InChI=1S/C11H12NO2S/c1-4-8(2)9-5-6-11(15-3)10(7-9)12(13)14/h4-7H,1H2,2-3H3. The zero-order valence-electron chi connectivity index (χ0n) is 8.69. The van der Waals surface area contributed by atoms with Crippen molar-refractivity contribution in [1.29, 1.82) is 0 Å². The maximum Gasteiger partial charge on any atom is 0.283 e. The van der Waals surface area contributed by atoms with E-state index in [2.05, 4.69) is 6.58 Å². The summed E-state index contributed by atoms with van der Waals surface area (Å²) in [6, 6.07) is 5.23. The molecule has 0 aliphatic rings. The second-order valence-corrected chi connectivity index (χ2v) is 3.88. The molecule has 79 valence electrons. The molecule has 3 nitrogen and oxygen atoms in total. The van der Waals surface area contributed by atoms with Crippen LogP contribution in [-0.4, -0.2) is 11.2 Å². The number of nitro groups is 1. The van der Waals surface area contributed by atoms with E-state index in [0.29, 0.717) is 4.90 Å². The van der Waals surface area contributed by atoms with E-state index in [4.69, 9.17) is 0 Å². The molecular formula is C11H12NO2S. The SMILES string of the molecule is C=C[C](C)c1ccc(SC)c([N+](=O)[O-])c1. The Morgan fingerprint density at radius 3 is 2.73 bits per heavy atom. The van der Waals surface area contributed by atoms with Crippen molar-refractivity contribution in [2.45, 2.75) is 11.8 Å².